The number of nitrogens with zero attached hydrogens (tertiary/aromatic N) is 3. The molecule has 0 spiro atoms. The lowest BCUT2D eigenvalue weighted by molar-refractivity contribution is -0.139. The Kier molecular flexibility index (Phi) is 8.62. The number of methoxy groups -OCH3 is 1. The Bertz CT molecular complexity index is 1030. The minimum atomic E-state index is -3.96. The number of anilines is 1. The van der Waals surface area contributed by atoms with E-state index in [-0.39, 0.29) is 12.5 Å². The molecular weight excluding hydrogens is 432 g/mol. The fourth-order valence-electron chi connectivity index (χ4n) is 3.07. The first-order valence-corrected chi connectivity index (χ1v) is 11.4. The molecule has 9 nitrogen and oxygen atoms in total. The Morgan fingerprint density at radius 2 is 1.72 bits per heavy atom. The molecule has 0 bridgehead atoms. The highest BCUT2D eigenvalue weighted by Gasteiger charge is 2.32. The van der Waals surface area contributed by atoms with E-state index in [9.17, 15) is 18.0 Å². The molecule has 1 unspecified atom stereocenters. The van der Waals surface area contributed by atoms with Crippen LogP contribution in [0.5, 0.6) is 5.75 Å². The van der Waals surface area contributed by atoms with E-state index >= 15 is 0 Å². The van der Waals surface area contributed by atoms with Gasteiger partial charge in [0.1, 0.15) is 18.3 Å². The maximum Gasteiger partial charge on any atom is 0.304 e. The summed E-state index contributed by atoms with van der Waals surface area (Å²) in [5.41, 5.74) is 1.10. The topological polar surface area (TPSA) is 99.3 Å². The second-order valence-corrected chi connectivity index (χ2v) is 9.36. The monoisotopic (exact) mass is 462 g/mol. The molecule has 174 valence electrons. The van der Waals surface area contributed by atoms with Gasteiger partial charge in [0.05, 0.1) is 12.8 Å². The minimum Gasteiger partial charge on any atom is -0.497 e. The number of amides is 2. The van der Waals surface area contributed by atoms with E-state index in [1.54, 1.807) is 62.6 Å². The molecule has 10 heteroatoms. The number of hydrogen-bond donors (Lipinski definition) is 1. The maximum atomic E-state index is 13.4. The summed E-state index contributed by atoms with van der Waals surface area (Å²) in [5.74, 6) is -0.259. The highest BCUT2D eigenvalue weighted by Crippen LogP contribution is 2.21. The second kappa shape index (κ2) is 11.0. The molecule has 0 aromatic heterocycles. The van der Waals surface area contributed by atoms with Gasteiger partial charge in [0.15, 0.2) is 0 Å². The molecule has 0 aliphatic heterocycles. The van der Waals surface area contributed by atoms with Crippen molar-refractivity contribution in [2.75, 3.05) is 39.1 Å². The fourth-order valence-corrected chi connectivity index (χ4v) is 4.13. The molecule has 32 heavy (non-hydrogen) atoms. The van der Waals surface area contributed by atoms with Gasteiger partial charge >= 0.3 is 10.2 Å². The van der Waals surface area contributed by atoms with Crippen LogP contribution < -0.4 is 14.4 Å². The average Bonchev–Trinajstić information content (AvgIpc) is 2.80. The predicted octanol–water partition coefficient (Wildman–Crippen LogP) is 1.47. The Morgan fingerprint density at radius 3 is 2.28 bits per heavy atom. The summed E-state index contributed by atoms with van der Waals surface area (Å²) in [7, 11) is 1.87. The number of benzene rings is 2. The third-order valence-corrected chi connectivity index (χ3v) is 6.78. The van der Waals surface area contributed by atoms with Crippen LogP contribution in [0, 0.1) is 0 Å². The van der Waals surface area contributed by atoms with E-state index in [4.69, 9.17) is 4.74 Å². The molecule has 2 rings (SSSR count). The first kappa shape index (κ1) is 25.2. The van der Waals surface area contributed by atoms with Crippen LogP contribution in [0.15, 0.2) is 54.6 Å². The van der Waals surface area contributed by atoms with Crippen molar-refractivity contribution in [3.63, 3.8) is 0 Å². The van der Waals surface area contributed by atoms with E-state index < -0.39 is 28.7 Å². The summed E-state index contributed by atoms with van der Waals surface area (Å²) in [4.78, 5) is 27.1. The Balaban J connectivity index is 2.42. The van der Waals surface area contributed by atoms with Gasteiger partial charge in [0.2, 0.25) is 11.8 Å². The number of carbonyl (C=O) groups excluding carboxylic acids is 2. The van der Waals surface area contributed by atoms with E-state index in [0.29, 0.717) is 11.4 Å². The van der Waals surface area contributed by atoms with Crippen LogP contribution in [0.2, 0.25) is 0 Å². The first-order chi connectivity index (χ1) is 15.1. The number of hydrogen-bond acceptors (Lipinski definition) is 5. The minimum absolute atomic E-state index is 0.106. The molecular formula is C22H30N4O5S. The Hall–Kier alpha value is -3.11. The molecule has 1 N–H and O–H groups in total. The summed E-state index contributed by atoms with van der Waals surface area (Å²) in [6.07, 6.45) is 0. The van der Waals surface area contributed by atoms with Gasteiger partial charge in [-0.1, -0.05) is 30.3 Å². The van der Waals surface area contributed by atoms with Crippen LogP contribution in [0.1, 0.15) is 12.5 Å². The SMILES string of the molecule is CNC(=O)C(C)N(Cc1cccc(OC)c1)C(=O)CN(c1ccccc1)S(=O)(=O)N(C)C. The van der Waals surface area contributed by atoms with Crippen molar-refractivity contribution in [3.05, 3.63) is 60.2 Å². The van der Waals surface area contributed by atoms with Crippen molar-refractivity contribution < 1.29 is 22.7 Å². The number of nitrogens with one attached hydrogen (secondary N) is 1. The predicted molar refractivity (Wildman–Crippen MR) is 123 cm³/mol. The third-order valence-electron chi connectivity index (χ3n) is 4.96. The van der Waals surface area contributed by atoms with Crippen molar-refractivity contribution in [3.8, 4) is 5.75 Å². The van der Waals surface area contributed by atoms with Crippen molar-refractivity contribution in [1.82, 2.24) is 14.5 Å². The molecule has 1 atom stereocenters. The standard InChI is InChI=1S/C22H30N4O5S/c1-17(22(28)23-2)25(15-18-10-9-13-20(14-18)31-5)21(27)16-26(32(29,30)24(3)4)19-11-7-6-8-12-19/h6-14,17H,15-16H2,1-5H3,(H,23,28). The molecule has 0 radical (unpaired) electrons. The van der Waals surface area contributed by atoms with Crippen LogP contribution in [0.25, 0.3) is 0 Å². The summed E-state index contributed by atoms with van der Waals surface area (Å²) >= 11 is 0. The van der Waals surface area contributed by atoms with Crippen molar-refractivity contribution >= 4 is 27.7 Å². The average molecular weight is 463 g/mol. The van der Waals surface area contributed by atoms with Gasteiger partial charge in [-0.2, -0.15) is 12.7 Å². The van der Waals surface area contributed by atoms with Crippen molar-refractivity contribution in [2.45, 2.75) is 19.5 Å². The lowest BCUT2D eigenvalue weighted by atomic mass is 10.1. The van der Waals surface area contributed by atoms with Crippen LogP contribution in [0.4, 0.5) is 5.69 Å². The molecule has 0 saturated heterocycles. The lowest BCUT2D eigenvalue weighted by Gasteiger charge is -2.32. The van der Waals surface area contributed by atoms with Crippen LogP contribution in [-0.4, -0.2) is 70.3 Å². The lowest BCUT2D eigenvalue weighted by Crippen LogP contribution is -2.52. The van der Waals surface area contributed by atoms with Crippen LogP contribution in [-0.2, 0) is 26.3 Å². The largest absolute Gasteiger partial charge is 0.497 e. The smallest absolute Gasteiger partial charge is 0.304 e. The van der Waals surface area contributed by atoms with Crippen molar-refractivity contribution in [1.29, 1.82) is 0 Å². The summed E-state index contributed by atoms with van der Waals surface area (Å²) < 4.78 is 33.3. The highest BCUT2D eigenvalue weighted by molar-refractivity contribution is 7.90. The molecule has 2 aromatic rings. The van der Waals surface area contributed by atoms with E-state index in [0.717, 1.165) is 14.2 Å². The molecule has 2 aromatic carbocycles. The van der Waals surface area contributed by atoms with E-state index in [1.165, 1.54) is 26.0 Å². The molecule has 0 heterocycles. The van der Waals surface area contributed by atoms with Gasteiger partial charge in [-0.15, -0.1) is 0 Å². The van der Waals surface area contributed by atoms with Gasteiger partial charge in [0.25, 0.3) is 0 Å². The normalized spacial score (nSPS) is 12.2. The van der Waals surface area contributed by atoms with Gasteiger partial charge in [0, 0.05) is 27.7 Å². The van der Waals surface area contributed by atoms with E-state index in [2.05, 4.69) is 5.32 Å². The fraction of sp³-hybridized carbons (Fsp3) is 0.364. The van der Waals surface area contributed by atoms with Gasteiger partial charge in [-0.3, -0.25) is 9.59 Å². The second-order valence-electron chi connectivity index (χ2n) is 7.30. The summed E-state index contributed by atoms with van der Waals surface area (Å²) in [6.45, 7) is 1.25. The Morgan fingerprint density at radius 1 is 1.06 bits per heavy atom. The maximum absolute atomic E-state index is 13.4. The number of ether oxygens (including phenoxy) is 1. The number of likely N-dealkylation sites (N-methyl/N-ethyl adjacent to an activating group) is 1. The molecule has 0 aliphatic carbocycles. The Labute approximate surface area is 189 Å². The molecule has 0 aliphatic rings. The number of para-hydroxylation sites is 1. The zero-order chi connectivity index (χ0) is 23.9. The third kappa shape index (κ3) is 5.98. The van der Waals surface area contributed by atoms with Gasteiger partial charge < -0.3 is 15.0 Å². The highest BCUT2D eigenvalue weighted by atomic mass is 32.2. The van der Waals surface area contributed by atoms with Crippen LogP contribution >= 0.6 is 0 Å². The quantitative estimate of drug-likeness (QED) is 0.577. The van der Waals surface area contributed by atoms with Crippen molar-refractivity contribution in [2.24, 2.45) is 0 Å². The zero-order valence-electron chi connectivity index (χ0n) is 19.0. The van der Waals surface area contributed by atoms with Crippen LogP contribution in [0.3, 0.4) is 0 Å². The first-order valence-electron chi connectivity index (χ1n) is 10.0. The number of rotatable bonds is 10. The number of carbonyl (C=O) groups is 2. The van der Waals surface area contributed by atoms with Gasteiger partial charge in [-0.05, 0) is 36.8 Å². The molecule has 0 saturated carbocycles. The summed E-state index contributed by atoms with van der Waals surface area (Å²) in [5, 5.41) is 2.54. The summed E-state index contributed by atoms with van der Waals surface area (Å²) in [6, 6.07) is 14.7. The molecule has 2 amide bonds. The molecule has 0 fully saturated rings. The zero-order valence-corrected chi connectivity index (χ0v) is 19.8. The van der Waals surface area contributed by atoms with Gasteiger partial charge in [-0.25, -0.2) is 4.31 Å². The van der Waals surface area contributed by atoms with E-state index in [1.807, 2.05) is 6.07 Å².